The highest BCUT2D eigenvalue weighted by Crippen LogP contribution is 2.02. The molecule has 0 aliphatic carbocycles. The zero-order valence-corrected chi connectivity index (χ0v) is 13.6. The first kappa shape index (κ1) is 17.1. The van der Waals surface area contributed by atoms with Gasteiger partial charge >= 0.3 is 0 Å². The lowest BCUT2D eigenvalue weighted by Crippen LogP contribution is -2.40. The third-order valence-electron chi connectivity index (χ3n) is 3.65. The zero-order valence-electron chi connectivity index (χ0n) is 12.8. The molecule has 0 bridgehead atoms. The smallest absolute Gasteiger partial charge is 0.166 e. The molecule has 0 spiro atoms. The summed E-state index contributed by atoms with van der Waals surface area (Å²) in [6.45, 7) is 6.45. The van der Waals surface area contributed by atoms with Gasteiger partial charge in [0, 0.05) is 26.2 Å². The fourth-order valence-electron chi connectivity index (χ4n) is 2.36. The van der Waals surface area contributed by atoms with E-state index in [0.29, 0.717) is 5.11 Å². The molecule has 4 nitrogen and oxygen atoms in total. The van der Waals surface area contributed by atoms with Gasteiger partial charge in [-0.25, -0.2) is 4.39 Å². The maximum Gasteiger partial charge on any atom is 0.166 e. The van der Waals surface area contributed by atoms with Crippen molar-refractivity contribution in [2.45, 2.75) is 12.8 Å². The first-order chi connectivity index (χ1) is 10.7. The molecule has 0 atom stereocenters. The fourth-order valence-corrected chi connectivity index (χ4v) is 2.57. The van der Waals surface area contributed by atoms with Crippen LogP contribution >= 0.6 is 12.2 Å². The monoisotopic (exact) mass is 325 g/mol. The van der Waals surface area contributed by atoms with E-state index in [-0.39, 0.29) is 5.82 Å². The van der Waals surface area contributed by atoms with Gasteiger partial charge in [0.15, 0.2) is 5.11 Å². The Morgan fingerprint density at radius 3 is 2.55 bits per heavy atom. The number of nitrogens with one attached hydrogen (secondary N) is 2. The van der Waals surface area contributed by atoms with Crippen LogP contribution in [0.1, 0.15) is 12.0 Å². The molecule has 0 radical (unpaired) electrons. The van der Waals surface area contributed by atoms with Gasteiger partial charge in [-0.2, -0.15) is 0 Å². The molecule has 22 heavy (non-hydrogen) atoms. The highest BCUT2D eigenvalue weighted by Gasteiger charge is 2.09. The van der Waals surface area contributed by atoms with Crippen molar-refractivity contribution in [2.75, 3.05) is 45.9 Å². The molecule has 1 aromatic rings. The molecule has 0 unspecified atom stereocenters. The Kier molecular flexibility index (Phi) is 7.56. The fraction of sp³-hybridized carbons (Fsp3) is 0.562. The van der Waals surface area contributed by atoms with Crippen LogP contribution in [-0.4, -0.2) is 55.9 Å². The van der Waals surface area contributed by atoms with Crippen LogP contribution in [0.4, 0.5) is 4.39 Å². The Balaban J connectivity index is 1.49. The van der Waals surface area contributed by atoms with E-state index < -0.39 is 0 Å². The summed E-state index contributed by atoms with van der Waals surface area (Å²) in [4.78, 5) is 2.41. The molecular weight excluding hydrogens is 301 g/mol. The van der Waals surface area contributed by atoms with Crippen LogP contribution < -0.4 is 10.6 Å². The van der Waals surface area contributed by atoms with Crippen molar-refractivity contribution < 1.29 is 9.13 Å². The molecule has 0 amide bonds. The first-order valence-corrected chi connectivity index (χ1v) is 8.21. The average molecular weight is 325 g/mol. The van der Waals surface area contributed by atoms with Crippen LogP contribution in [0.15, 0.2) is 24.3 Å². The largest absolute Gasteiger partial charge is 0.379 e. The summed E-state index contributed by atoms with van der Waals surface area (Å²) < 4.78 is 18.1. The Morgan fingerprint density at radius 1 is 1.14 bits per heavy atom. The minimum atomic E-state index is -0.200. The van der Waals surface area contributed by atoms with Crippen LogP contribution in [-0.2, 0) is 11.2 Å². The van der Waals surface area contributed by atoms with Gasteiger partial charge < -0.3 is 15.4 Å². The normalized spacial score (nSPS) is 15.5. The van der Waals surface area contributed by atoms with Crippen molar-refractivity contribution in [1.82, 2.24) is 15.5 Å². The SMILES string of the molecule is Fc1ccc(CCNC(=S)NCCCN2CCOCC2)cc1. The molecule has 2 N–H and O–H groups in total. The summed E-state index contributed by atoms with van der Waals surface area (Å²) in [6.07, 6.45) is 1.90. The number of ether oxygens (including phenoxy) is 1. The van der Waals surface area contributed by atoms with Gasteiger partial charge in [-0.1, -0.05) is 12.1 Å². The van der Waals surface area contributed by atoms with Crippen LogP contribution in [0.25, 0.3) is 0 Å². The lowest BCUT2D eigenvalue weighted by atomic mass is 10.1. The van der Waals surface area contributed by atoms with E-state index in [4.69, 9.17) is 17.0 Å². The number of thiocarbonyl (C=S) groups is 1. The molecule has 122 valence electrons. The van der Waals surface area contributed by atoms with Gasteiger partial charge in [0.05, 0.1) is 13.2 Å². The minimum absolute atomic E-state index is 0.200. The van der Waals surface area contributed by atoms with E-state index in [1.165, 1.54) is 12.1 Å². The highest BCUT2D eigenvalue weighted by molar-refractivity contribution is 7.80. The van der Waals surface area contributed by atoms with E-state index in [2.05, 4.69) is 15.5 Å². The lowest BCUT2D eigenvalue weighted by Gasteiger charge is -2.26. The second-order valence-corrected chi connectivity index (χ2v) is 5.77. The van der Waals surface area contributed by atoms with Crippen molar-refractivity contribution in [3.8, 4) is 0 Å². The molecule has 1 heterocycles. The summed E-state index contributed by atoms with van der Waals surface area (Å²) in [5, 5.41) is 7.08. The van der Waals surface area contributed by atoms with Crippen LogP contribution in [0.2, 0.25) is 0 Å². The molecule has 1 saturated heterocycles. The molecule has 1 aromatic carbocycles. The van der Waals surface area contributed by atoms with E-state index in [1.54, 1.807) is 12.1 Å². The van der Waals surface area contributed by atoms with Crippen molar-refractivity contribution >= 4 is 17.3 Å². The summed E-state index contributed by atoms with van der Waals surface area (Å²) in [7, 11) is 0. The molecule has 0 aromatic heterocycles. The van der Waals surface area contributed by atoms with Crippen LogP contribution in [0, 0.1) is 5.82 Å². The van der Waals surface area contributed by atoms with Gasteiger partial charge in [0.25, 0.3) is 0 Å². The third-order valence-corrected chi connectivity index (χ3v) is 3.94. The predicted molar refractivity (Wildman–Crippen MR) is 90.6 cm³/mol. The Labute approximate surface area is 137 Å². The maximum absolute atomic E-state index is 12.8. The Bertz CT molecular complexity index is 449. The summed E-state index contributed by atoms with van der Waals surface area (Å²) in [5.74, 6) is -0.200. The quantitative estimate of drug-likeness (QED) is 0.588. The first-order valence-electron chi connectivity index (χ1n) is 7.80. The number of hydrogen-bond acceptors (Lipinski definition) is 3. The average Bonchev–Trinajstić information content (AvgIpc) is 2.54. The number of rotatable bonds is 7. The topological polar surface area (TPSA) is 36.5 Å². The predicted octanol–water partition coefficient (Wildman–Crippen LogP) is 1.55. The Hall–Kier alpha value is -1.24. The van der Waals surface area contributed by atoms with Gasteiger partial charge in [0.2, 0.25) is 0 Å². The molecular formula is C16H24FN3OS. The van der Waals surface area contributed by atoms with Crippen molar-refractivity contribution in [2.24, 2.45) is 0 Å². The Morgan fingerprint density at radius 2 is 1.82 bits per heavy atom. The number of hydrogen-bond donors (Lipinski definition) is 2. The van der Waals surface area contributed by atoms with Crippen LogP contribution in [0.3, 0.4) is 0 Å². The van der Waals surface area contributed by atoms with Gasteiger partial charge in [-0.15, -0.1) is 0 Å². The second kappa shape index (κ2) is 9.71. The molecule has 6 heteroatoms. The molecule has 0 saturated carbocycles. The van der Waals surface area contributed by atoms with E-state index >= 15 is 0 Å². The van der Waals surface area contributed by atoms with Gasteiger partial charge in [-0.05, 0) is 49.3 Å². The number of benzene rings is 1. The van der Waals surface area contributed by atoms with E-state index in [0.717, 1.165) is 64.3 Å². The molecule has 1 fully saturated rings. The van der Waals surface area contributed by atoms with Crippen molar-refractivity contribution in [1.29, 1.82) is 0 Å². The van der Waals surface area contributed by atoms with E-state index in [9.17, 15) is 4.39 Å². The third kappa shape index (κ3) is 6.68. The highest BCUT2D eigenvalue weighted by atomic mass is 32.1. The zero-order chi connectivity index (χ0) is 15.6. The van der Waals surface area contributed by atoms with Crippen molar-refractivity contribution in [3.63, 3.8) is 0 Å². The lowest BCUT2D eigenvalue weighted by molar-refractivity contribution is 0.0376. The standard InChI is InChI=1S/C16H24FN3OS/c17-15-4-2-14(3-5-15)6-8-19-16(22)18-7-1-9-20-10-12-21-13-11-20/h2-5H,1,6-13H2,(H2,18,19,22). The van der Waals surface area contributed by atoms with Crippen molar-refractivity contribution in [3.05, 3.63) is 35.6 Å². The number of nitrogens with zero attached hydrogens (tertiary/aromatic N) is 1. The number of halogens is 1. The maximum atomic E-state index is 12.8. The summed E-state index contributed by atoms with van der Waals surface area (Å²) >= 11 is 5.24. The molecule has 2 rings (SSSR count). The van der Waals surface area contributed by atoms with Gasteiger partial charge in [0.1, 0.15) is 5.82 Å². The molecule has 1 aliphatic rings. The van der Waals surface area contributed by atoms with Gasteiger partial charge in [-0.3, -0.25) is 4.90 Å². The van der Waals surface area contributed by atoms with E-state index in [1.807, 2.05) is 0 Å². The molecule has 1 aliphatic heterocycles. The number of morpholine rings is 1. The minimum Gasteiger partial charge on any atom is -0.379 e. The van der Waals surface area contributed by atoms with Crippen LogP contribution in [0.5, 0.6) is 0 Å². The second-order valence-electron chi connectivity index (χ2n) is 5.37. The summed E-state index contributed by atoms with van der Waals surface area (Å²) in [6, 6.07) is 6.57. The summed E-state index contributed by atoms with van der Waals surface area (Å²) in [5.41, 5.74) is 1.10.